The second kappa shape index (κ2) is 9.06. The van der Waals surface area contributed by atoms with Crippen LogP contribution in [-0.4, -0.2) is 63.0 Å². The van der Waals surface area contributed by atoms with Gasteiger partial charge in [0.15, 0.2) is 11.5 Å². The van der Waals surface area contributed by atoms with Crippen LogP contribution in [0.25, 0.3) is 28.1 Å². The first-order valence-corrected chi connectivity index (χ1v) is 11.6. The third-order valence-electron chi connectivity index (χ3n) is 6.61. The van der Waals surface area contributed by atoms with Gasteiger partial charge in [-0.05, 0) is 55.2 Å². The number of rotatable bonds is 6. The number of pyridine rings is 2. The van der Waals surface area contributed by atoms with E-state index < -0.39 is 17.8 Å². The summed E-state index contributed by atoms with van der Waals surface area (Å²) in [4.78, 5) is 5.99. The van der Waals surface area contributed by atoms with E-state index in [0.717, 1.165) is 0 Å². The van der Waals surface area contributed by atoms with Crippen LogP contribution >= 0.6 is 0 Å². The fourth-order valence-electron chi connectivity index (χ4n) is 4.81. The molecule has 0 saturated carbocycles. The molecule has 0 aliphatic carbocycles. The number of fused-ring (bicyclic) bond motifs is 2. The van der Waals surface area contributed by atoms with Crippen LogP contribution in [0, 0.1) is 5.82 Å². The molecule has 5 rings (SSSR count). The molecule has 0 spiro atoms. The van der Waals surface area contributed by atoms with Gasteiger partial charge in [-0.25, -0.2) is 9.37 Å². The monoisotopic (exact) mass is 502 g/mol. The largest absolute Gasteiger partial charge is 0.408 e. The first-order valence-electron chi connectivity index (χ1n) is 11.6. The molecule has 0 bridgehead atoms. The maximum atomic E-state index is 14.4. The summed E-state index contributed by atoms with van der Waals surface area (Å²) in [5, 5.41) is 8.90. The van der Waals surface area contributed by atoms with Gasteiger partial charge in [-0.15, -0.1) is 10.2 Å². The molecule has 7 nitrogen and oxygen atoms in total. The van der Waals surface area contributed by atoms with E-state index in [1.807, 2.05) is 0 Å². The molecule has 2 atom stereocenters. The molecule has 1 fully saturated rings. The van der Waals surface area contributed by atoms with Crippen molar-refractivity contribution < 1.29 is 22.3 Å². The van der Waals surface area contributed by atoms with E-state index in [2.05, 4.69) is 15.2 Å². The number of nitrogens with zero attached hydrogens (tertiary/aromatic N) is 5. The highest BCUT2D eigenvalue weighted by Gasteiger charge is 2.48. The molecule has 4 aromatic rings. The van der Waals surface area contributed by atoms with Gasteiger partial charge in [-0.2, -0.15) is 13.2 Å². The topological polar surface area (TPSA) is 81.6 Å². The van der Waals surface area contributed by atoms with Gasteiger partial charge in [0.05, 0.1) is 12.1 Å². The normalized spacial score (nSPS) is 20.0. The van der Waals surface area contributed by atoms with Crippen LogP contribution in [0.15, 0.2) is 42.6 Å². The lowest BCUT2D eigenvalue weighted by atomic mass is 10.0. The van der Waals surface area contributed by atoms with Gasteiger partial charge in [0.1, 0.15) is 17.6 Å². The van der Waals surface area contributed by atoms with Gasteiger partial charge >= 0.3 is 6.18 Å². The van der Waals surface area contributed by atoms with E-state index in [1.54, 1.807) is 32.2 Å². The molecule has 1 aliphatic heterocycles. The number of hydrogen-bond donors (Lipinski definition) is 1. The Kier molecular flexibility index (Phi) is 6.17. The number of methoxy groups -OCH3 is 1. The zero-order valence-corrected chi connectivity index (χ0v) is 19.9. The standard InChI is InChI=1S/C25H26F4N6O/c1-24(30)8-9-34(14-24)22(25(27,28)29)17-4-6-21-32-33-23(35(21)13-17)19-5-3-16-11-18(26)15(7-10-36-2)12-20(16)31-19/h3-6,11-13,22H,7-10,14,30H2,1-2H3/t22-,24-/m0/s1. The first kappa shape index (κ1) is 24.5. The number of hydrogen-bond acceptors (Lipinski definition) is 6. The van der Waals surface area contributed by atoms with Crippen molar-refractivity contribution in [2.24, 2.45) is 5.73 Å². The fraction of sp³-hybridized carbons (Fsp3) is 0.400. The average molecular weight is 503 g/mol. The third-order valence-corrected chi connectivity index (χ3v) is 6.61. The van der Waals surface area contributed by atoms with Crippen molar-refractivity contribution in [2.45, 2.75) is 37.5 Å². The van der Waals surface area contributed by atoms with Crippen LogP contribution in [0.1, 0.15) is 30.5 Å². The van der Waals surface area contributed by atoms with Crippen LogP contribution in [0.2, 0.25) is 0 Å². The molecule has 1 saturated heterocycles. The minimum absolute atomic E-state index is 0.0680. The molecule has 1 aromatic carbocycles. The molecule has 0 unspecified atom stereocenters. The highest BCUT2D eigenvalue weighted by molar-refractivity contribution is 5.82. The van der Waals surface area contributed by atoms with Crippen molar-refractivity contribution in [3.05, 3.63) is 59.5 Å². The summed E-state index contributed by atoms with van der Waals surface area (Å²) < 4.78 is 63.6. The summed E-state index contributed by atoms with van der Waals surface area (Å²) >= 11 is 0. The Morgan fingerprint density at radius 3 is 2.67 bits per heavy atom. The van der Waals surface area contributed by atoms with Gasteiger partial charge in [0.25, 0.3) is 0 Å². The Labute approximate surface area is 204 Å². The molecule has 11 heteroatoms. The van der Waals surface area contributed by atoms with Crippen molar-refractivity contribution in [3.63, 3.8) is 0 Å². The number of alkyl halides is 3. The number of halogens is 4. The van der Waals surface area contributed by atoms with Gasteiger partial charge in [-0.3, -0.25) is 9.30 Å². The van der Waals surface area contributed by atoms with Crippen molar-refractivity contribution in [3.8, 4) is 11.5 Å². The molecule has 36 heavy (non-hydrogen) atoms. The number of benzene rings is 1. The summed E-state index contributed by atoms with van der Waals surface area (Å²) in [6, 6.07) is 7.56. The summed E-state index contributed by atoms with van der Waals surface area (Å²) in [6.07, 6.45) is -2.21. The smallest absolute Gasteiger partial charge is 0.384 e. The number of aromatic nitrogens is 4. The summed E-state index contributed by atoms with van der Waals surface area (Å²) in [7, 11) is 1.54. The lowest BCUT2D eigenvalue weighted by Gasteiger charge is -2.31. The van der Waals surface area contributed by atoms with Crippen LogP contribution in [-0.2, 0) is 11.2 Å². The second-order valence-corrected chi connectivity index (χ2v) is 9.61. The minimum atomic E-state index is -4.49. The summed E-state index contributed by atoms with van der Waals surface area (Å²) in [5.41, 5.74) is 7.32. The van der Waals surface area contributed by atoms with E-state index >= 15 is 0 Å². The van der Waals surface area contributed by atoms with Crippen molar-refractivity contribution >= 4 is 16.6 Å². The van der Waals surface area contributed by atoms with Crippen LogP contribution < -0.4 is 5.73 Å². The lowest BCUT2D eigenvalue weighted by Crippen LogP contribution is -2.43. The molecule has 1 aliphatic rings. The van der Waals surface area contributed by atoms with Gasteiger partial charge in [0, 0.05) is 37.3 Å². The molecular formula is C25H26F4N6O. The van der Waals surface area contributed by atoms with Crippen molar-refractivity contribution in [1.29, 1.82) is 0 Å². The highest BCUT2D eigenvalue weighted by atomic mass is 19.4. The average Bonchev–Trinajstić information content (AvgIpc) is 3.39. The predicted octanol–water partition coefficient (Wildman–Crippen LogP) is 4.30. The maximum Gasteiger partial charge on any atom is 0.408 e. The predicted molar refractivity (Wildman–Crippen MR) is 127 cm³/mol. The Morgan fingerprint density at radius 2 is 1.97 bits per heavy atom. The zero-order valence-electron chi connectivity index (χ0n) is 19.9. The molecule has 190 valence electrons. The van der Waals surface area contributed by atoms with Gasteiger partial charge in [0.2, 0.25) is 0 Å². The fourth-order valence-corrected chi connectivity index (χ4v) is 4.81. The van der Waals surface area contributed by atoms with E-state index in [0.29, 0.717) is 53.1 Å². The van der Waals surface area contributed by atoms with Crippen LogP contribution in [0.5, 0.6) is 0 Å². The Balaban J connectivity index is 1.56. The van der Waals surface area contributed by atoms with E-state index in [4.69, 9.17) is 10.5 Å². The SMILES string of the molecule is COCCc1cc2nc(-c3nnc4ccc([C@H](N5CC[C@](C)(N)C5)C(F)(F)F)cn34)ccc2cc1F. The first-order chi connectivity index (χ1) is 17.1. The van der Waals surface area contributed by atoms with Crippen LogP contribution in [0.3, 0.4) is 0 Å². The highest BCUT2D eigenvalue weighted by Crippen LogP contribution is 2.41. The molecular weight excluding hydrogens is 476 g/mol. The molecule has 4 heterocycles. The van der Waals surface area contributed by atoms with E-state index in [1.165, 1.54) is 33.7 Å². The summed E-state index contributed by atoms with van der Waals surface area (Å²) in [6.45, 7) is 2.51. The Bertz CT molecular complexity index is 1420. The molecule has 0 radical (unpaired) electrons. The maximum absolute atomic E-state index is 14.4. The Morgan fingerprint density at radius 1 is 1.17 bits per heavy atom. The number of likely N-dealkylation sites (tertiary alicyclic amines) is 1. The quantitative estimate of drug-likeness (QED) is 0.396. The molecule has 0 amide bonds. The van der Waals surface area contributed by atoms with Crippen molar-refractivity contribution in [2.75, 3.05) is 26.8 Å². The lowest BCUT2D eigenvalue weighted by molar-refractivity contribution is -0.184. The third kappa shape index (κ3) is 4.65. The number of ether oxygens (including phenoxy) is 1. The van der Waals surface area contributed by atoms with Crippen LogP contribution in [0.4, 0.5) is 17.6 Å². The minimum Gasteiger partial charge on any atom is -0.384 e. The van der Waals surface area contributed by atoms with Crippen molar-refractivity contribution in [1.82, 2.24) is 24.5 Å². The Hall–Kier alpha value is -3.15. The second-order valence-electron chi connectivity index (χ2n) is 9.61. The van der Waals surface area contributed by atoms with Gasteiger partial charge < -0.3 is 10.5 Å². The van der Waals surface area contributed by atoms with E-state index in [9.17, 15) is 17.6 Å². The zero-order chi connectivity index (χ0) is 25.7. The molecule has 2 N–H and O–H groups in total. The van der Waals surface area contributed by atoms with E-state index in [-0.39, 0.29) is 24.5 Å². The molecule has 3 aromatic heterocycles. The van der Waals surface area contributed by atoms with Gasteiger partial charge in [-0.1, -0.05) is 12.1 Å². The summed E-state index contributed by atoms with van der Waals surface area (Å²) in [5.74, 6) is -0.0529. The number of nitrogens with two attached hydrogens (primary N) is 1.